The maximum atomic E-state index is 9.47. The van der Waals surface area contributed by atoms with E-state index in [0.717, 1.165) is 19.0 Å². The van der Waals surface area contributed by atoms with Crippen LogP contribution in [0.25, 0.3) is 0 Å². The molecule has 0 saturated heterocycles. The van der Waals surface area contributed by atoms with Gasteiger partial charge >= 0.3 is 0 Å². The molecule has 0 heterocycles. The lowest BCUT2D eigenvalue weighted by atomic mass is 9.93. The van der Waals surface area contributed by atoms with Crippen LogP contribution in [0.2, 0.25) is 0 Å². The molecule has 0 aliphatic heterocycles. The van der Waals surface area contributed by atoms with Gasteiger partial charge in [-0.05, 0) is 46.7 Å². The number of rotatable bonds is 7. The molecule has 102 valence electrons. The second kappa shape index (κ2) is 6.72. The van der Waals surface area contributed by atoms with Crippen molar-refractivity contribution in [3.05, 3.63) is 0 Å². The highest BCUT2D eigenvalue weighted by Gasteiger charge is 2.30. The largest absolute Gasteiger partial charge is 0.394 e. The van der Waals surface area contributed by atoms with E-state index in [-0.39, 0.29) is 12.1 Å². The van der Waals surface area contributed by atoms with Crippen molar-refractivity contribution < 1.29 is 5.11 Å². The fourth-order valence-corrected chi connectivity index (χ4v) is 3.18. The lowest BCUT2D eigenvalue weighted by Crippen LogP contribution is -2.50. The van der Waals surface area contributed by atoms with Crippen LogP contribution in [0.15, 0.2) is 0 Å². The van der Waals surface area contributed by atoms with Crippen LogP contribution in [0.1, 0.15) is 52.9 Å². The van der Waals surface area contributed by atoms with E-state index in [2.05, 4.69) is 31.0 Å². The molecule has 0 bridgehead atoms. The Kier molecular flexibility index (Phi) is 5.90. The van der Waals surface area contributed by atoms with Crippen molar-refractivity contribution in [2.75, 3.05) is 20.2 Å². The Bertz CT molecular complexity index is 210. The zero-order valence-corrected chi connectivity index (χ0v) is 12.0. The van der Waals surface area contributed by atoms with Crippen LogP contribution in [0, 0.1) is 0 Å². The van der Waals surface area contributed by atoms with Crippen LogP contribution >= 0.6 is 0 Å². The third-order valence-corrected chi connectivity index (χ3v) is 4.42. The lowest BCUT2D eigenvalue weighted by molar-refractivity contribution is 0.0959. The van der Waals surface area contributed by atoms with Gasteiger partial charge in [-0.25, -0.2) is 0 Å². The predicted molar refractivity (Wildman–Crippen MR) is 73.3 cm³/mol. The summed E-state index contributed by atoms with van der Waals surface area (Å²) in [4.78, 5) is 2.62. The van der Waals surface area contributed by atoms with Crippen molar-refractivity contribution in [1.82, 2.24) is 10.2 Å². The molecule has 17 heavy (non-hydrogen) atoms. The van der Waals surface area contributed by atoms with Crippen molar-refractivity contribution in [3.8, 4) is 0 Å². The van der Waals surface area contributed by atoms with Gasteiger partial charge in [0, 0.05) is 17.6 Å². The Balaban J connectivity index is 2.56. The summed E-state index contributed by atoms with van der Waals surface area (Å²) in [5.74, 6) is 0. The van der Waals surface area contributed by atoms with Crippen molar-refractivity contribution in [2.24, 2.45) is 0 Å². The fraction of sp³-hybridized carbons (Fsp3) is 1.00. The quantitative estimate of drug-likeness (QED) is 0.717. The molecule has 0 aromatic rings. The number of hydrogen-bond donors (Lipinski definition) is 2. The zero-order valence-electron chi connectivity index (χ0n) is 12.0. The Morgan fingerprint density at radius 2 is 2.00 bits per heavy atom. The summed E-state index contributed by atoms with van der Waals surface area (Å²) in [5.41, 5.74) is -0.147. The maximum Gasteiger partial charge on any atom is 0.0611 e. The van der Waals surface area contributed by atoms with Gasteiger partial charge in [-0.3, -0.25) is 4.90 Å². The number of likely N-dealkylation sites (N-methyl/N-ethyl adjacent to an activating group) is 1. The van der Waals surface area contributed by atoms with Crippen molar-refractivity contribution in [3.63, 3.8) is 0 Å². The molecule has 0 aromatic carbocycles. The molecule has 0 radical (unpaired) electrons. The number of aliphatic hydroxyl groups is 1. The highest BCUT2D eigenvalue weighted by molar-refractivity contribution is 4.88. The minimum Gasteiger partial charge on any atom is -0.394 e. The minimum absolute atomic E-state index is 0.147. The molecule has 0 spiro atoms. The van der Waals surface area contributed by atoms with Crippen molar-refractivity contribution >= 4 is 0 Å². The van der Waals surface area contributed by atoms with Gasteiger partial charge in [-0.2, -0.15) is 0 Å². The molecule has 2 N–H and O–H groups in total. The molecule has 1 aliphatic carbocycles. The fourth-order valence-electron chi connectivity index (χ4n) is 3.18. The van der Waals surface area contributed by atoms with Gasteiger partial charge in [0.1, 0.15) is 0 Å². The van der Waals surface area contributed by atoms with Gasteiger partial charge in [0.05, 0.1) is 6.61 Å². The van der Waals surface area contributed by atoms with Crippen molar-refractivity contribution in [2.45, 2.75) is 70.5 Å². The summed E-state index contributed by atoms with van der Waals surface area (Å²) >= 11 is 0. The monoisotopic (exact) mass is 242 g/mol. The van der Waals surface area contributed by atoms with Gasteiger partial charge in [0.2, 0.25) is 0 Å². The van der Waals surface area contributed by atoms with E-state index in [9.17, 15) is 5.11 Å². The molecule has 1 fully saturated rings. The van der Waals surface area contributed by atoms with Gasteiger partial charge < -0.3 is 10.4 Å². The maximum absolute atomic E-state index is 9.47. The standard InChI is InChI=1S/C14H30N2O/c1-5-16(13-8-6-7-9-13)12(2)10-14(3,11-17)15-4/h12-13,15,17H,5-11H2,1-4H3. The van der Waals surface area contributed by atoms with E-state index in [0.29, 0.717) is 6.04 Å². The molecular weight excluding hydrogens is 212 g/mol. The smallest absolute Gasteiger partial charge is 0.0611 e. The molecule has 3 nitrogen and oxygen atoms in total. The second-order valence-electron chi connectivity index (χ2n) is 5.79. The summed E-state index contributed by atoms with van der Waals surface area (Å²) in [7, 11) is 1.94. The molecule has 2 unspecified atom stereocenters. The van der Waals surface area contributed by atoms with Crippen LogP contribution in [-0.4, -0.2) is 47.8 Å². The first kappa shape index (κ1) is 14.9. The number of hydrogen-bond acceptors (Lipinski definition) is 3. The zero-order chi connectivity index (χ0) is 12.9. The Hall–Kier alpha value is -0.120. The molecule has 0 amide bonds. The summed E-state index contributed by atoms with van der Waals surface area (Å²) < 4.78 is 0. The Morgan fingerprint density at radius 1 is 1.41 bits per heavy atom. The summed E-state index contributed by atoms with van der Waals surface area (Å²) in [6.07, 6.45) is 6.49. The van der Waals surface area contributed by atoms with Gasteiger partial charge in [-0.15, -0.1) is 0 Å². The second-order valence-corrected chi connectivity index (χ2v) is 5.79. The first-order chi connectivity index (χ1) is 8.06. The summed E-state index contributed by atoms with van der Waals surface area (Å²) in [5, 5.41) is 12.7. The average Bonchev–Trinajstić information content (AvgIpc) is 2.83. The molecule has 2 atom stereocenters. The molecular formula is C14H30N2O. The van der Waals surface area contributed by atoms with Gasteiger partial charge in [-0.1, -0.05) is 19.8 Å². The van der Waals surface area contributed by atoms with E-state index in [4.69, 9.17) is 0 Å². The van der Waals surface area contributed by atoms with E-state index >= 15 is 0 Å². The predicted octanol–water partition coefficient (Wildman–Crippen LogP) is 2.00. The topological polar surface area (TPSA) is 35.5 Å². The lowest BCUT2D eigenvalue weighted by Gasteiger charge is -2.38. The number of nitrogens with zero attached hydrogens (tertiary/aromatic N) is 1. The molecule has 1 rings (SSSR count). The van der Waals surface area contributed by atoms with Gasteiger partial charge in [0.25, 0.3) is 0 Å². The van der Waals surface area contributed by atoms with E-state index in [1.807, 2.05) is 7.05 Å². The van der Waals surface area contributed by atoms with Crippen LogP contribution in [-0.2, 0) is 0 Å². The van der Waals surface area contributed by atoms with Crippen LogP contribution < -0.4 is 5.32 Å². The minimum atomic E-state index is -0.147. The first-order valence-electron chi connectivity index (χ1n) is 7.12. The highest BCUT2D eigenvalue weighted by atomic mass is 16.3. The SMILES string of the molecule is CCN(C(C)CC(C)(CO)NC)C1CCCC1. The van der Waals surface area contributed by atoms with E-state index in [1.165, 1.54) is 25.7 Å². The number of aliphatic hydroxyl groups excluding tert-OH is 1. The number of nitrogens with one attached hydrogen (secondary N) is 1. The van der Waals surface area contributed by atoms with Crippen LogP contribution in [0.5, 0.6) is 0 Å². The highest BCUT2D eigenvalue weighted by Crippen LogP contribution is 2.27. The van der Waals surface area contributed by atoms with Gasteiger partial charge in [0.15, 0.2) is 0 Å². The molecule has 3 heteroatoms. The Morgan fingerprint density at radius 3 is 2.41 bits per heavy atom. The normalized spacial score (nSPS) is 22.9. The van der Waals surface area contributed by atoms with Crippen LogP contribution in [0.3, 0.4) is 0 Å². The third kappa shape index (κ3) is 3.94. The first-order valence-corrected chi connectivity index (χ1v) is 7.12. The third-order valence-electron chi connectivity index (χ3n) is 4.42. The van der Waals surface area contributed by atoms with E-state index in [1.54, 1.807) is 0 Å². The molecule has 1 saturated carbocycles. The average molecular weight is 242 g/mol. The molecule has 0 aromatic heterocycles. The Labute approximate surface area is 107 Å². The van der Waals surface area contributed by atoms with E-state index < -0.39 is 0 Å². The molecule has 1 aliphatic rings. The summed E-state index contributed by atoms with van der Waals surface area (Å²) in [6.45, 7) is 7.98. The summed E-state index contributed by atoms with van der Waals surface area (Å²) in [6, 6.07) is 1.31. The van der Waals surface area contributed by atoms with Crippen LogP contribution in [0.4, 0.5) is 0 Å². The van der Waals surface area contributed by atoms with Crippen molar-refractivity contribution in [1.29, 1.82) is 0 Å².